The van der Waals surface area contributed by atoms with Gasteiger partial charge < -0.3 is 21.9 Å². The van der Waals surface area contributed by atoms with Gasteiger partial charge in [-0.05, 0) is 24.8 Å². The lowest BCUT2D eigenvalue weighted by Gasteiger charge is -2.35. The Labute approximate surface area is 118 Å². The molecule has 1 aliphatic carbocycles. The van der Waals surface area contributed by atoms with Crippen molar-refractivity contribution in [2.75, 3.05) is 6.54 Å². The quantitative estimate of drug-likeness (QED) is 0.510. The minimum Gasteiger partial charge on any atom is -0.480 e. The van der Waals surface area contributed by atoms with Crippen LogP contribution in [0.5, 0.6) is 0 Å². The smallest absolute Gasteiger partial charge is 0.326 e. The lowest BCUT2D eigenvalue weighted by atomic mass is 9.71. The van der Waals surface area contributed by atoms with Crippen LogP contribution in [-0.2, 0) is 14.4 Å². The van der Waals surface area contributed by atoms with Gasteiger partial charge in [0.15, 0.2) is 0 Å². The molecule has 1 aliphatic rings. The van der Waals surface area contributed by atoms with Crippen molar-refractivity contribution < 1.29 is 19.5 Å². The molecule has 0 saturated heterocycles. The van der Waals surface area contributed by atoms with E-state index in [1.54, 1.807) is 0 Å². The number of hydrogen-bond acceptors (Lipinski definition) is 4. The molecule has 0 bridgehead atoms. The van der Waals surface area contributed by atoms with Gasteiger partial charge in [0, 0.05) is 6.42 Å². The fourth-order valence-electron chi connectivity index (χ4n) is 2.74. The number of carbonyl (C=O) groups is 3. The van der Waals surface area contributed by atoms with Gasteiger partial charge in [-0.25, -0.2) is 4.79 Å². The van der Waals surface area contributed by atoms with Crippen LogP contribution in [0.25, 0.3) is 0 Å². The molecule has 1 rings (SSSR count). The van der Waals surface area contributed by atoms with Crippen molar-refractivity contribution in [2.24, 2.45) is 16.9 Å². The molecule has 0 aliphatic heterocycles. The van der Waals surface area contributed by atoms with Crippen molar-refractivity contribution in [3.05, 3.63) is 0 Å². The lowest BCUT2D eigenvalue weighted by Crippen LogP contribution is -2.46. The normalized spacial score (nSPS) is 19.1. The molecule has 20 heavy (non-hydrogen) atoms. The molecule has 0 heterocycles. The van der Waals surface area contributed by atoms with Gasteiger partial charge in [0.2, 0.25) is 11.8 Å². The molecule has 0 aromatic rings. The minimum absolute atomic E-state index is 0.200. The molecule has 2 amide bonds. The third kappa shape index (κ3) is 4.80. The van der Waals surface area contributed by atoms with Crippen molar-refractivity contribution in [2.45, 2.75) is 51.0 Å². The summed E-state index contributed by atoms with van der Waals surface area (Å²) in [7, 11) is 0. The number of carboxylic acids is 1. The first-order valence-corrected chi connectivity index (χ1v) is 6.89. The summed E-state index contributed by atoms with van der Waals surface area (Å²) in [6.07, 6.45) is 4.77. The van der Waals surface area contributed by atoms with Crippen LogP contribution in [0.2, 0.25) is 0 Å². The standard InChI is InChI=1S/C13H23N3O4/c14-8-13(4-2-1-3-5-13)7-11(18)16-9(12(19)20)6-10(15)17/h9H,1-8,14H2,(H2,15,17)(H,16,18)(H,19,20). The van der Waals surface area contributed by atoms with Crippen LogP contribution >= 0.6 is 0 Å². The van der Waals surface area contributed by atoms with Gasteiger partial charge in [-0.15, -0.1) is 0 Å². The van der Waals surface area contributed by atoms with Crippen LogP contribution in [0.15, 0.2) is 0 Å². The van der Waals surface area contributed by atoms with Gasteiger partial charge in [-0.2, -0.15) is 0 Å². The van der Waals surface area contributed by atoms with E-state index in [0.717, 1.165) is 32.1 Å². The van der Waals surface area contributed by atoms with E-state index in [1.807, 2.05) is 0 Å². The summed E-state index contributed by atoms with van der Waals surface area (Å²) in [5.41, 5.74) is 10.5. The van der Waals surface area contributed by atoms with E-state index in [4.69, 9.17) is 16.6 Å². The van der Waals surface area contributed by atoms with Crippen LogP contribution in [0.1, 0.15) is 44.9 Å². The van der Waals surface area contributed by atoms with E-state index in [1.165, 1.54) is 0 Å². The molecule has 0 spiro atoms. The third-order valence-electron chi connectivity index (χ3n) is 3.92. The van der Waals surface area contributed by atoms with E-state index in [2.05, 4.69) is 5.32 Å². The Balaban J connectivity index is 2.59. The SMILES string of the molecule is NCC1(CC(=O)NC(CC(N)=O)C(=O)O)CCCCC1. The number of hydrogen-bond donors (Lipinski definition) is 4. The van der Waals surface area contributed by atoms with Gasteiger partial charge in [0.1, 0.15) is 6.04 Å². The Bertz CT molecular complexity index is 378. The maximum absolute atomic E-state index is 12.0. The maximum Gasteiger partial charge on any atom is 0.326 e. The molecule has 114 valence electrons. The zero-order valence-electron chi connectivity index (χ0n) is 11.6. The molecule has 1 fully saturated rings. The van der Waals surface area contributed by atoms with Crippen molar-refractivity contribution >= 4 is 17.8 Å². The monoisotopic (exact) mass is 285 g/mol. The van der Waals surface area contributed by atoms with Gasteiger partial charge in [-0.1, -0.05) is 19.3 Å². The average molecular weight is 285 g/mol. The lowest BCUT2D eigenvalue weighted by molar-refractivity contribution is -0.143. The predicted octanol–water partition coefficient (Wildman–Crippen LogP) is -0.269. The molecule has 6 N–H and O–H groups in total. The number of nitrogens with one attached hydrogen (secondary N) is 1. The molecule has 7 nitrogen and oxygen atoms in total. The molecular formula is C13H23N3O4. The third-order valence-corrected chi connectivity index (χ3v) is 3.92. The second kappa shape index (κ2) is 7.23. The Morgan fingerprint density at radius 3 is 2.25 bits per heavy atom. The summed E-state index contributed by atoms with van der Waals surface area (Å²) in [4.78, 5) is 33.7. The number of amides is 2. The van der Waals surface area contributed by atoms with E-state index in [-0.39, 0.29) is 17.7 Å². The first-order chi connectivity index (χ1) is 9.38. The highest BCUT2D eigenvalue weighted by atomic mass is 16.4. The summed E-state index contributed by atoms with van der Waals surface area (Å²) < 4.78 is 0. The maximum atomic E-state index is 12.0. The summed E-state index contributed by atoms with van der Waals surface area (Å²) in [5.74, 6) is -2.41. The zero-order valence-corrected chi connectivity index (χ0v) is 11.6. The highest BCUT2D eigenvalue weighted by Gasteiger charge is 2.34. The number of carboxylic acid groups (broad SMARTS) is 1. The number of nitrogens with two attached hydrogens (primary N) is 2. The van der Waals surface area contributed by atoms with Gasteiger partial charge in [0.25, 0.3) is 0 Å². The van der Waals surface area contributed by atoms with E-state index < -0.39 is 24.3 Å². The van der Waals surface area contributed by atoms with Crippen LogP contribution in [0.4, 0.5) is 0 Å². The molecule has 0 radical (unpaired) electrons. The van der Waals surface area contributed by atoms with Crippen molar-refractivity contribution in [1.29, 1.82) is 0 Å². The highest BCUT2D eigenvalue weighted by Crippen LogP contribution is 2.38. The summed E-state index contributed by atoms with van der Waals surface area (Å²) in [5, 5.41) is 11.3. The van der Waals surface area contributed by atoms with Crippen LogP contribution in [0, 0.1) is 5.41 Å². The predicted molar refractivity (Wildman–Crippen MR) is 72.6 cm³/mol. The van der Waals surface area contributed by atoms with Crippen molar-refractivity contribution in [3.63, 3.8) is 0 Å². The first kappa shape index (κ1) is 16.4. The van der Waals surface area contributed by atoms with Gasteiger partial charge in [-0.3, -0.25) is 9.59 Å². The summed E-state index contributed by atoms with van der Waals surface area (Å²) >= 11 is 0. The Hall–Kier alpha value is -1.63. The van der Waals surface area contributed by atoms with E-state index in [0.29, 0.717) is 6.54 Å². The molecule has 0 aromatic heterocycles. The highest BCUT2D eigenvalue weighted by molar-refractivity contribution is 5.88. The van der Waals surface area contributed by atoms with Crippen molar-refractivity contribution in [3.8, 4) is 0 Å². The van der Waals surface area contributed by atoms with E-state index in [9.17, 15) is 14.4 Å². The topological polar surface area (TPSA) is 136 Å². The summed E-state index contributed by atoms with van der Waals surface area (Å²) in [6.45, 7) is 0.411. The Kier molecular flexibility index (Phi) is 5.94. The van der Waals surface area contributed by atoms with Crippen LogP contribution in [-0.4, -0.2) is 35.5 Å². The molecule has 1 unspecified atom stereocenters. The first-order valence-electron chi connectivity index (χ1n) is 6.89. The average Bonchev–Trinajstić information content (AvgIpc) is 2.38. The van der Waals surface area contributed by atoms with E-state index >= 15 is 0 Å². The fourth-order valence-corrected chi connectivity index (χ4v) is 2.74. The number of primary amides is 1. The van der Waals surface area contributed by atoms with Crippen LogP contribution in [0.3, 0.4) is 0 Å². The number of carbonyl (C=O) groups excluding carboxylic acids is 2. The number of aliphatic carboxylic acids is 1. The second-order valence-corrected chi connectivity index (χ2v) is 5.57. The molecular weight excluding hydrogens is 262 g/mol. The molecule has 1 atom stereocenters. The number of rotatable bonds is 7. The Morgan fingerprint density at radius 1 is 1.20 bits per heavy atom. The largest absolute Gasteiger partial charge is 0.480 e. The van der Waals surface area contributed by atoms with Crippen molar-refractivity contribution in [1.82, 2.24) is 5.32 Å². The van der Waals surface area contributed by atoms with Crippen LogP contribution < -0.4 is 16.8 Å². The van der Waals surface area contributed by atoms with Gasteiger partial charge in [0.05, 0.1) is 6.42 Å². The molecule has 1 saturated carbocycles. The van der Waals surface area contributed by atoms with Gasteiger partial charge >= 0.3 is 5.97 Å². The minimum atomic E-state index is -1.27. The summed E-state index contributed by atoms with van der Waals surface area (Å²) in [6, 6.07) is -1.27. The zero-order chi connectivity index (χ0) is 15.2. The Morgan fingerprint density at radius 2 is 1.80 bits per heavy atom. The fraction of sp³-hybridized carbons (Fsp3) is 0.769. The molecule has 0 aromatic carbocycles. The molecule has 7 heteroatoms. The second-order valence-electron chi connectivity index (χ2n) is 5.57.